The number of benzene rings is 1. The van der Waals surface area contributed by atoms with Crippen LogP contribution in [0.25, 0.3) is 0 Å². The van der Waals surface area contributed by atoms with E-state index in [-0.39, 0.29) is 24.2 Å². The minimum absolute atomic E-state index is 0.0125. The van der Waals surface area contributed by atoms with E-state index >= 15 is 0 Å². The Labute approximate surface area is 138 Å². The molecule has 0 bridgehead atoms. The summed E-state index contributed by atoms with van der Waals surface area (Å²) in [4.78, 5) is 11.8. The zero-order valence-electron chi connectivity index (χ0n) is 14.0. The molecule has 0 saturated heterocycles. The normalized spacial score (nSPS) is 24.2. The Bertz CT molecular complexity index is 465. The molecular weight excluding hydrogens is 294 g/mol. The zero-order chi connectivity index (χ0) is 16.5. The van der Waals surface area contributed by atoms with E-state index in [1.165, 1.54) is 0 Å². The maximum Gasteiger partial charge on any atom is 0.407 e. The molecule has 128 valence electrons. The number of amides is 1. The van der Waals surface area contributed by atoms with Crippen molar-refractivity contribution < 1.29 is 19.0 Å². The minimum Gasteiger partial charge on any atom is -0.450 e. The monoisotopic (exact) mass is 321 g/mol. The first-order chi connectivity index (χ1) is 11.2. The summed E-state index contributed by atoms with van der Waals surface area (Å²) in [5.41, 5.74) is 1.15. The van der Waals surface area contributed by atoms with Gasteiger partial charge in [0.2, 0.25) is 0 Å². The molecule has 23 heavy (non-hydrogen) atoms. The molecular formula is C18H27NO4. The van der Waals surface area contributed by atoms with Crippen molar-refractivity contribution in [3.8, 4) is 0 Å². The van der Waals surface area contributed by atoms with Gasteiger partial charge >= 0.3 is 6.09 Å². The second-order valence-corrected chi connectivity index (χ2v) is 5.86. The molecule has 3 atom stereocenters. The van der Waals surface area contributed by atoms with E-state index in [9.17, 15) is 4.79 Å². The number of hydrogen-bond donors (Lipinski definition) is 1. The van der Waals surface area contributed by atoms with Crippen molar-refractivity contribution in [2.24, 2.45) is 5.92 Å². The highest BCUT2D eigenvalue weighted by molar-refractivity contribution is 5.67. The Morgan fingerprint density at radius 2 is 2.04 bits per heavy atom. The van der Waals surface area contributed by atoms with Crippen molar-refractivity contribution in [3.05, 3.63) is 35.9 Å². The van der Waals surface area contributed by atoms with Crippen molar-refractivity contribution in [2.45, 2.75) is 44.9 Å². The average Bonchev–Trinajstić information content (AvgIpc) is 2.57. The first kappa shape index (κ1) is 17.8. The van der Waals surface area contributed by atoms with Crippen LogP contribution in [0, 0.1) is 5.92 Å². The Hall–Kier alpha value is -1.59. The molecule has 0 spiro atoms. The third-order valence-corrected chi connectivity index (χ3v) is 4.28. The summed E-state index contributed by atoms with van der Waals surface area (Å²) < 4.78 is 16.4. The van der Waals surface area contributed by atoms with Gasteiger partial charge in [0.25, 0.3) is 0 Å². The van der Waals surface area contributed by atoms with Gasteiger partial charge in [-0.15, -0.1) is 0 Å². The lowest BCUT2D eigenvalue weighted by Crippen LogP contribution is -2.52. The predicted molar refractivity (Wildman–Crippen MR) is 88.2 cm³/mol. The van der Waals surface area contributed by atoms with Gasteiger partial charge in [-0.05, 0) is 25.3 Å². The van der Waals surface area contributed by atoms with E-state index in [4.69, 9.17) is 14.2 Å². The maximum atomic E-state index is 11.8. The molecule has 1 aliphatic carbocycles. The van der Waals surface area contributed by atoms with Gasteiger partial charge in [-0.1, -0.05) is 36.8 Å². The van der Waals surface area contributed by atoms with Crippen molar-refractivity contribution in [1.29, 1.82) is 0 Å². The van der Waals surface area contributed by atoms with E-state index < -0.39 is 0 Å². The molecule has 0 heterocycles. The third-order valence-electron chi connectivity index (χ3n) is 4.28. The molecule has 0 unspecified atom stereocenters. The molecule has 5 nitrogen and oxygen atoms in total. The van der Waals surface area contributed by atoms with E-state index in [1.54, 1.807) is 14.0 Å². The number of hydrogen-bond acceptors (Lipinski definition) is 4. The maximum absolute atomic E-state index is 11.8. The Balaban J connectivity index is 1.89. The van der Waals surface area contributed by atoms with Crippen LogP contribution in [0.5, 0.6) is 0 Å². The van der Waals surface area contributed by atoms with Gasteiger partial charge in [0.1, 0.15) is 0 Å². The molecule has 0 aliphatic heterocycles. The summed E-state index contributed by atoms with van der Waals surface area (Å²) in [5.74, 6) is 0.238. The number of rotatable bonds is 7. The van der Waals surface area contributed by atoms with Gasteiger partial charge in [0.15, 0.2) is 0 Å². The van der Waals surface area contributed by atoms with E-state index in [2.05, 4.69) is 5.32 Å². The highest BCUT2D eigenvalue weighted by atomic mass is 16.5. The van der Waals surface area contributed by atoms with Crippen molar-refractivity contribution in [1.82, 2.24) is 5.32 Å². The summed E-state index contributed by atoms with van der Waals surface area (Å²) in [7, 11) is 1.69. The van der Waals surface area contributed by atoms with Gasteiger partial charge in [-0.25, -0.2) is 4.79 Å². The number of alkyl carbamates (subject to hydrolysis) is 1. The van der Waals surface area contributed by atoms with Gasteiger partial charge in [0.05, 0.1) is 32.0 Å². The lowest BCUT2D eigenvalue weighted by Gasteiger charge is -2.37. The molecule has 2 rings (SSSR count). The molecule has 0 radical (unpaired) electrons. The fourth-order valence-electron chi connectivity index (χ4n) is 3.12. The van der Waals surface area contributed by atoms with Crippen molar-refractivity contribution >= 4 is 6.09 Å². The molecule has 1 aliphatic rings. The van der Waals surface area contributed by atoms with Crippen molar-refractivity contribution in [2.75, 3.05) is 20.3 Å². The number of carbonyl (C=O) groups excluding carboxylic acids is 1. The van der Waals surface area contributed by atoms with Gasteiger partial charge in [-0.3, -0.25) is 0 Å². The first-order valence-electron chi connectivity index (χ1n) is 8.32. The molecule has 1 amide bonds. The molecule has 1 saturated carbocycles. The van der Waals surface area contributed by atoms with Crippen LogP contribution < -0.4 is 5.32 Å². The summed E-state index contributed by atoms with van der Waals surface area (Å²) >= 11 is 0. The first-order valence-corrected chi connectivity index (χ1v) is 8.32. The third kappa shape index (κ3) is 5.52. The molecule has 1 aromatic carbocycles. The minimum atomic E-state index is -0.380. The second-order valence-electron chi connectivity index (χ2n) is 5.86. The summed E-state index contributed by atoms with van der Waals surface area (Å²) in [6, 6.07) is 10.0. The van der Waals surface area contributed by atoms with Gasteiger partial charge in [0, 0.05) is 13.0 Å². The van der Waals surface area contributed by atoms with Crippen LogP contribution in [-0.2, 0) is 20.8 Å². The predicted octanol–water partition coefficient (Wildman–Crippen LogP) is 3.13. The van der Waals surface area contributed by atoms with Crippen LogP contribution in [0.4, 0.5) is 4.79 Å². The molecule has 0 aromatic heterocycles. The lowest BCUT2D eigenvalue weighted by atomic mass is 9.83. The molecule has 1 N–H and O–H groups in total. The van der Waals surface area contributed by atoms with Crippen LogP contribution in [-0.4, -0.2) is 38.6 Å². The van der Waals surface area contributed by atoms with Gasteiger partial charge < -0.3 is 19.5 Å². The smallest absolute Gasteiger partial charge is 0.407 e. The largest absolute Gasteiger partial charge is 0.450 e. The number of ether oxygens (including phenoxy) is 3. The molecule has 5 heteroatoms. The number of carbonyl (C=O) groups is 1. The summed E-state index contributed by atoms with van der Waals surface area (Å²) in [5, 5.41) is 2.95. The van der Waals surface area contributed by atoms with E-state index in [0.29, 0.717) is 19.8 Å². The fraction of sp³-hybridized carbons (Fsp3) is 0.611. The van der Waals surface area contributed by atoms with Crippen LogP contribution in [0.15, 0.2) is 30.3 Å². The number of nitrogens with one attached hydrogen (secondary N) is 1. The highest BCUT2D eigenvalue weighted by Crippen LogP contribution is 2.27. The zero-order valence-corrected chi connectivity index (χ0v) is 14.0. The lowest BCUT2D eigenvalue weighted by molar-refractivity contribution is -0.0150. The SMILES string of the molecule is CCOC(=O)N[C@@H]1[C@@H](COCc2ccccc2)CCC[C@H]1OC. The van der Waals surface area contributed by atoms with Crippen LogP contribution in [0.1, 0.15) is 31.7 Å². The summed E-state index contributed by atoms with van der Waals surface area (Å²) in [6.07, 6.45) is 2.68. The number of methoxy groups -OCH3 is 1. The average molecular weight is 321 g/mol. The topological polar surface area (TPSA) is 56.8 Å². The summed E-state index contributed by atoms with van der Waals surface area (Å²) in [6.45, 7) is 3.35. The quantitative estimate of drug-likeness (QED) is 0.838. The standard InChI is InChI=1S/C18H27NO4/c1-3-23-18(20)19-17-15(10-7-11-16(17)21-2)13-22-12-14-8-5-4-6-9-14/h4-6,8-9,15-17H,3,7,10-13H2,1-2H3,(H,19,20)/t15-,16-,17-/m1/s1. The molecule has 1 fully saturated rings. The van der Waals surface area contributed by atoms with Crippen LogP contribution >= 0.6 is 0 Å². The fourth-order valence-corrected chi connectivity index (χ4v) is 3.12. The van der Waals surface area contributed by atoms with Gasteiger partial charge in [-0.2, -0.15) is 0 Å². The van der Waals surface area contributed by atoms with Crippen LogP contribution in [0.3, 0.4) is 0 Å². The Kier molecular flexibility index (Phi) is 7.36. The molecule has 1 aromatic rings. The van der Waals surface area contributed by atoms with Crippen LogP contribution in [0.2, 0.25) is 0 Å². The Morgan fingerprint density at radius 3 is 2.74 bits per heavy atom. The van der Waals surface area contributed by atoms with Crippen molar-refractivity contribution in [3.63, 3.8) is 0 Å². The van der Waals surface area contributed by atoms with E-state index in [0.717, 1.165) is 24.8 Å². The Morgan fingerprint density at radius 1 is 1.26 bits per heavy atom. The van der Waals surface area contributed by atoms with E-state index in [1.807, 2.05) is 30.3 Å². The second kappa shape index (κ2) is 9.53. The highest BCUT2D eigenvalue weighted by Gasteiger charge is 2.35.